The number of nitrogens with zero attached hydrogens (tertiary/aromatic N) is 1. The Morgan fingerprint density at radius 2 is 1.88 bits per heavy atom. The first kappa shape index (κ1) is 23.4. The van der Waals surface area contributed by atoms with Crippen molar-refractivity contribution in [3.8, 4) is 0 Å². The summed E-state index contributed by atoms with van der Waals surface area (Å²) < 4.78 is 5.34. The predicted molar refractivity (Wildman–Crippen MR) is 97.4 cm³/mol. The third-order valence-electron chi connectivity index (χ3n) is 3.76. The number of aliphatic carboxylic acids is 1. The quantitative estimate of drug-likeness (QED) is 0.0734. The van der Waals surface area contributed by atoms with Crippen LogP contribution in [0.5, 0.6) is 0 Å². The molecule has 6 atom stereocenters. The second-order valence-electron chi connectivity index (χ2n) is 5.79. The van der Waals surface area contributed by atoms with Crippen molar-refractivity contribution < 1.29 is 40.3 Å². The first-order valence-electron chi connectivity index (χ1n) is 8.06. The number of oxime groups is 1. The van der Waals surface area contributed by atoms with Gasteiger partial charge in [0.1, 0.15) is 40.9 Å². The Hall–Kier alpha value is -0.600. The third kappa shape index (κ3) is 7.19. The Balaban J connectivity index is 2.35. The minimum Gasteiger partial charge on any atom is -0.480 e. The number of hydrogen-bond donors (Lipinski definition) is 7. The van der Waals surface area contributed by atoms with E-state index in [0.29, 0.717) is 24.3 Å². The van der Waals surface area contributed by atoms with Gasteiger partial charge in [-0.25, -0.2) is 0 Å². The normalized spacial score (nSPS) is 31.0. The summed E-state index contributed by atoms with van der Waals surface area (Å²) in [5.41, 5.74) is 4.41. The smallest absolute Gasteiger partial charge is 0.321 e. The second kappa shape index (κ2) is 12.0. The number of ether oxygens (including phenoxy) is 1. The Kier molecular flexibility index (Phi) is 10.8. The summed E-state index contributed by atoms with van der Waals surface area (Å²) >= 11 is 2.33. The zero-order valence-corrected chi connectivity index (χ0v) is 15.7. The van der Waals surface area contributed by atoms with Crippen LogP contribution < -0.4 is 5.73 Å². The molecule has 0 radical (unpaired) electrons. The molecule has 152 valence electrons. The van der Waals surface area contributed by atoms with Gasteiger partial charge in [0.2, 0.25) is 0 Å². The number of aliphatic hydroxyl groups excluding tert-OH is 4. The molecule has 26 heavy (non-hydrogen) atoms. The van der Waals surface area contributed by atoms with Gasteiger partial charge in [-0.3, -0.25) is 4.79 Å². The molecule has 0 saturated carbocycles. The van der Waals surface area contributed by atoms with Crippen LogP contribution in [0.15, 0.2) is 5.16 Å². The Bertz CT molecular complexity index is 468. The standard InChI is InChI=1S/C14H26N2O8S2/c15-7(13(21)22)6-25-4-2-1-3-9(16-23)26-14-12(20)11(19)10(18)8(5-17)24-14/h7-8,10-12,14,17-20,23H,1-6,15H2,(H,21,22)/b16-9-/t7-,8+,10+,11-,12+,14-/m0/s1. The molecule has 0 aliphatic carbocycles. The number of carbonyl (C=O) groups is 1. The molecule has 0 unspecified atom stereocenters. The van der Waals surface area contributed by atoms with Crippen LogP contribution in [0.2, 0.25) is 0 Å². The first-order valence-corrected chi connectivity index (χ1v) is 10.1. The van der Waals surface area contributed by atoms with Gasteiger partial charge < -0.3 is 41.2 Å². The van der Waals surface area contributed by atoms with Crippen molar-refractivity contribution in [2.75, 3.05) is 18.1 Å². The van der Waals surface area contributed by atoms with Crippen LogP contribution in [0.1, 0.15) is 19.3 Å². The third-order valence-corrected chi connectivity index (χ3v) is 6.11. The van der Waals surface area contributed by atoms with E-state index in [1.165, 1.54) is 11.8 Å². The molecule has 12 heteroatoms. The minimum absolute atomic E-state index is 0.279. The molecule has 1 saturated heterocycles. The summed E-state index contributed by atoms with van der Waals surface area (Å²) in [6.07, 6.45) is -3.54. The van der Waals surface area contributed by atoms with Crippen LogP contribution >= 0.6 is 23.5 Å². The number of aliphatic hydroxyl groups is 4. The summed E-state index contributed by atoms with van der Waals surface area (Å²) in [6, 6.07) is -0.892. The zero-order chi connectivity index (χ0) is 19.7. The van der Waals surface area contributed by atoms with Crippen molar-refractivity contribution in [2.24, 2.45) is 10.9 Å². The van der Waals surface area contributed by atoms with Crippen molar-refractivity contribution in [1.82, 2.24) is 0 Å². The summed E-state index contributed by atoms with van der Waals surface area (Å²) in [7, 11) is 0. The van der Waals surface area contributed by atoms with Crippen LogP contribution in [0.3, 0.4) is 0 Å². The number of carboxylic acid groups (broad SMARTS) is 1. The van der Waals surface area contributed by atoms with E-state index in [0.717, 1.165) is 18.2 Å². The lowest BCUT2D eigenvalue weighted by Crippen LogP contribution is -2.57. The number of carboxylic acids is 1. The van der Waals surface area contributed by atoms with E-state index in [1.54, 1.807) is 0 Å². The average Bonchev–Trinajstić information content (AvgIpc) is 2.63. The highest BCUT2D eigenvalue weighted by Crippen LogP contribution is 2.30. The summed E-state index contributed by atoms with van der Waals surface area (Å²) in [6.45, 7) is -0.524. The molecule has 8 N–H and O–H groups in total. The molecule has 0 bridgehead atoms. The van der Waals surface area contributed by atoms with Crippen molar-refractivity contribution in [3.05, 3.63) is 0 Å². The van der Waals surface area contributed by atoms with E-state index in [4.69, 9.17) is 25.9 Å². The molecule has 0 spiro atoms. The Labute approximate surface area is 159 Å². The molecule has 0 aromatic heterocycles. The molecule has 0 aromatic carbocycles. The Morgan fingerprint density at radius 1 is 1.19 bits per heavy atom. The molecule has 0 amide bonds. The van der Waals surface area contributed by atoms with Gasteiger partial charge in [-0.15, -0.1) is 0 Å². The fourth-order valence-corrected chi connectivity index (χ4v) is 4.24. The zero-order valence-electron chi connectivity index (χ0n) is 14.0. The monoisotopic (exact) mass is 414 g/mol. The summed E-state index contributed by atoms with van der Waals surface area (Å²) in [4.78, 5) is 10.6. The van der Waals surface area contributed by atoms with Gasteiger partial charge in [0, 0.05) is 5.75 Å². The van der Waals surface area contributed by atoms with Gasteiger partial charge in [-0.05, 0) is 25.0 Å². The van der Waals surface area contributed by atoms with Gasteiger partial charge in [0.25, 0.3) is 0 Å². The summed E-state index contributed by atoms with van der Waals surface area (Å²) in [5, 5.41) is 59.8. The highest BCUT2D eigenvalue weighted by molar-refractivity contribution is 8.14. The van der Waals surface area contributed by atoms with Crippen molar-refractivity contribution in [2.45, 2.75) is 55.2 Å². The van der Waals surface area contributed by atoms with Crippen LogP contribution in [0.4, 0.5) is 0 Å². The van der Waals surface area contributed by atoms with Gasteiger partial charge in [-0.2, -0.15) is 11.8 Å². The minimum atomic E-state index is -1.48. The molecular formula is C14H26N2O8S2. The molecule has 10 nitrogen and oxygen atoms in total. The number of unbranched alkanes of at least 4 members (excludes halogenated alkanes) is 1. The molecule has 1 aliphatic heterocycles. The van der Waals surface area contributed by atoms with Crippen molar-refractivity contribution >= 4 is 34.5 Å². The lowest BCUT2D eigenvalue weighted by molar-refractivity contribution is -0.205. The maximum Gasteiger partial charge on any atom is 0.321 e. The molecular weight excluding hydrogens is 388 g/mol. The maximum absolute atomic E-state index is 10.6. The Morgan fingerprint density at radius 3 is 2.46 bits per heavy atom. The number of rotatable bonds is 10. The van der Waals surface area contributed by atoms with Crippen LogP contribution in [-0.2, 0) is 9.53 Å². The topological polar surface area (TPSA) is 186 Å². The van der Waals surface area contributed by atoms with Crippen molar-refractivity contribution in [3.63, 3.8) is 0 Å². The molecule has 1 rings (SSSR count). The molecule has 1 heterocycles. The van der Waals surface area contributed by atoms with E-state index in [9.17, 15) is 20.1 Å². The number of thioether (sulfide) groups is 2. The van der Waals surface area contributed by atoms with Gasteiger partial charge in [0.05, 0.1) is 6.61 Å². The lowest BCUT2D eigenvalue weighted by Gasteiger charge is -2.39. The van der Waals surface area contributed by atoms with Crippen molar-refractivity contribution in [1.29, 1.82) is 0 Å². The summed E-state index contributed by atoms with van der Waals surface area (Å²) in [5.74, 6) is -0.0246. The maximum atomic E-state index is 10.6. The largest absolute Gasteiger partial charge is 0.480 e. The SMILES string of the molecule is N[C@@H](CSCCCC/C(=N/O)S[C@@H]1O[C@H](CO)[C@@H](O)[C@H](O)[C@H]1O)C(=O)O. The van der Waals surface area contributed by atoms with Gasteiger partial charge in [0.15, 0.2) is 0 Å². The van der Waals surface area contributed by atoms with Gasteiger partial charge in [-0.1, -0.05) is 16.9 Å². The van der Waals surface area contributed by atoms with E-state index in [-0.39, 0.29) is 5.04 Å². The lowest BCUT2D eigenvalue weighted by atomic mass is 10.0. The first-order chi connectivity index (χ1) is 12.3. The predicted octanol–water partition coefficient (Wildman–Crippen LogP) is -1.38. The number of nitrogens with two attached hydrogens (primary N) is 1. The van der Waals surface area contributed by atoms with Gasteiger partial charge >= 0.3 is 5.97 Å². The van der Waals surface area contributed by atoms with Crippen LogP contribution in [0, 0.1) is 0 Å². The van der Waals surface area contributed by atoms with E-state index in [2.05, 4.69) is 5.16 Å². The van der Waals surface area contributed by atoms with Crippen LogP contribution in [-0.4, -0.2) is 95.8 Å². The number of hydrogen-bond acceptors (Lipinski definition) is 11. The highest BCUT2D eigenvalue weighted by atomic mass is 32.2. The van der Waals surface area contributed by atoms with E-state index >= 15 is 0 Å². The fourth-order valence-electron chi connectivity index (χ4n) is 2.19. The molecule has 0 aromatic rings. The van der Waals surface area contributed by atoms with E-state index in [1.807, 2.05) is 0 Å². The molecule has 1 aliphatic rings. The van der Waals surface area contributed by atoms with Crippen LogP contribution in [0.25, 0.3) is 0 Å². The highest BCUT2D eigenvalue weighted by Gasteiger charge is 2.44. The molecule has 1 fully saturated rings. The fraction of sp³-hybridized carbons (Fsp3) is 0.857. The second-order valence-corrected chi connectivity index (χ2v) is 8.11. The average molecular weight is 415 g/mol. The van der Waals surface area contributed by atoms with E-state index < -0.39 is 48.5 Å².